The molecule has 0 aliphatic heterocycles. The fraction of sp³-hybridized carbons (Fsp3) is 0.417. The molecule has 94 valence electrons. The summed E-state index contributed by atoms with van der Waals surface area (Å²) in [7, 11) is 0. The minimum absolute atomic E-state index is 0.00425. The third-order valence-corrected chi connectivity index (χ3v) is 2.57. The number of rotatable bonds is 4. The highest BCUT2D eigenvalue weighted by Gasteiger charge is 2.18. The third kappa shape index (κ3) is 3.72. The average molecular weight is 238 g/mol. The second kappa shape index (κ2) is 5.65. The van der Waals surface area contributed by atoms with E-state index < -0.39 is 12.2 Å². The lowest BCUT2D eigenvalue weighted by Crippen LogP contribution is -2.34. The molecular formula is C12H18N2O3. The maximum atomic E-state index is 10.7. The first kappa shape index (κ1) is 13.5. The lowest BCUT2D eigenvalue weighted by atomic mass is 10.0. The molecule has 5 N–H and O–H groups in total. The lowest BCUT2D eigenvalue weighted by molar-refractivity contribution is -0.119. The van der Waals surface area contributed by atoms with Crippen LogP contribution in [0.2, 0.25) is 0 Å². The van der Waals surface area contributed by atoms with E-state index >= 15 is 0 Å². The molecule has 17 heavy (non-hydrogen) atoms. The number of amides is 1. The Labute approximate surface area is 100 Å². The Morgan fingerprint density at radius 1 is 1.47 bits per heavy atom. The molecule has 0 spiro atoms. The van der Waals surface area contributed by atoms with Crippen LogP contribution < -0.4 is 11.1 Å². The largest absolute Gasteiger partial charge is 0.399 e. The summed E-state index contributed by atoms with van der Waals surface area (Å²) < 4.78 is 0. The van der Waals surface area contributed by atoms with E-state index in [0.29, 0.717) is 11.3 Å². The van der Waals surface area contributed by atoms with E-state index in [0.717, 1.165) is 5.56 Å². The first-order valence-corrected chi connectivity index (χ1v) is 5.38. The molecule has 5 nitrogen and oxygen atoms in total. The van der Waals surface area contributed by atoms with Gasteiger partial charge in [0.25, 0.3) is 0 Å². The summed E-state index contributed by atoms with van der Waals surface area (Å²) in [5, 5.41) is 22.0. The molecular weight excluding hydrogens is 220 g/mol. The van der Waals surface area contributed by atoms with E-state index in [2.05, 4.69) is 5.32 Å². The lowest BCUT2D eigenvalue weighted by Gasteiger charge is -2.19. The van der Waals surface area contributed by atoms with E-state index in [-0.39, 0.29) is 12.5 Å². The average Bonchev–Trinajstić information content (AvgIpc) is 2.28. The van der Waals surface area contributed by atoms with Crippen molar-refractivity contribution in [2.75, 3.05) is 12.3 Å². The number of carbonyl (C=O) groups is 1. The van der Waals surface area contributed by atoms with Crippen LogP contribution in [0.5, 0.6) is 0 Å². The van der Waals surface area contributed by atoms with Crippen LogP contribution in [0, 0.1) is 6.92 Å². The van der Waals surface area contributed by atoms with Crippen LogP contribution in [0.4, 0.5) is 5.69 Å². The minimum Gasteiger partial charge on any atom is -0.399 e. The Hall–Kier alpha value is -1.59. The smallest absolute Gasteiger partial charge is 0.216 e. The summed E-state index contributed by atoms with van der Waals surface area (Å²) in [6.45, 7) is 3.21. The number of nitrogen functional groups attached to an aromatic ring is 1. The second-order valence-electron chi connectivity index (χ2n) is 4.07. The van der Waals surface area contributed by atoms with E-state index in [9.17, 15) is 15.0 Å². The normalized spacial score (nSPS) is 14.1. The molecule has 1 rings (SSSR count). The zero-order chi connectivity index (χ0) is 13.0. The number of carbonyl (C=O) groups excluding carboxylic acids is 1. The van der Waals surface area contributed by atoms with Crippen molar-refractivity contribution in [3.8, 4) is 0 Å². The summed E-state index contributed by atoms with van der Waals surface area (Å²) >= 11 is 0. The van der Waals surface area contributed by atoms with E-state index in [1.165, 1.54) is 6.92 Å². The Balaban J connectivity index is 2.70. The monoisotopic (exact) mass is 238 g/mol. The molecule has 0 saturated carbocycles. The number of hydrogen-bond donors (Lipinski definition) is 4. The molecule has 0 bridgehead atoms. The number of hydrogen-bond acceptors (Lipinski definition) is 4. The molecule has 0 heterocycles. The van der Waals surface area contributed by atoms with Crippen LogP contribution in [0.3, 0.4) is 0 Å². The van der Waals surface area contributed by atoms with Gasteiger partial charge in [0.2, 0.25) is 5.91 Å². The van der Waals surface area contributed by atoms with Gasteiger partial charge in [-0.3, -0.25) is 4.79 Å². The first-order valence-electron chi connectivity index (χ1n) is 5.38. The Morgan fingerprint density at radius 3 is 2.65 bits per heavy atom. The van der Waals surface area contributed by atoms with E-state index in [1.54, 1.807) is 18.2 Å². The van der Waals surface area contributed by atoms with Crippen LogP contribution in [0.15, 0.2) is 18.2 Å². The van der Waals surface area contributed by atoms with Crippen LogP contribution in [0.1, 0.15) is 24.2 Å². The Kier molecular flexibility index (Phi) is 4.48. The molecule has 1 aromatic carbocycles. The van der Waals surface area contributed by atoms with E-state index in [4.69, 9.17) is 5.73 Å². The molecule has 2 atom stereocenters. The predicted molar refractivity (Wildman–Crippen MR) is 65.2 cm³/mol. The van der Waals surface area contributed by atoms with Crippen molar-refractivity contribution in [2.45, 2.75) is 26.1 Å². The van der Waals surface area contributed by atoms with Crippen molar-refractivity contribution < 1.29 is 15.0 Å². The number of aryl methyl sites for hydroxylation is 1. The van der Waals surface area contributed by atoms with Gasteiger partial charge in [0.1, 0.15) is 12.2 Å². The summed E-state index contributed by atoms with van der Waals surface area (Å²) in [6.07, 6.45) is -2.12. The highest BCUT2D eigenvalue weighted by Crippen LogP contribution is 2.21. The fourth-order valence-corrected chi connectivity index (χ4v) is 1.43. The molecule has 0 aliphatic rings. The van der Waals surface area contributed by atoms with Crippen LogP contribution in [-0.4, -0.2) is 28.8 Å². The van der Waals surface area contributed by atoms with Gasteiger partial charge in [0.15, 0.2) is 0 Å². The molecule has 1 amide bonds. The van der Waals surface area contributed by atoms with Gasteiger partial charge in [0, 0.05) is 19.2 Å². The van der Waals surface area contributed by atoms with Crippen molar-refractivity contribution >= 4 is 11.6 Å². The number of anilines is 1. The van der Waals surface area contributed by atoms with Crippen LogP contribution in [-0.2, 0) is 4.79 Å². The zero-order valence-corrected chi connectivity index (χ0v) is 9.97. The number of nitrogens with two attached hydrogens (primary N) is 1. The van der Waals surface area contributed by atoms with Gasteiger partial charge in [-0.15, -0.1) is 0 Å². The first-order chi connectivity index (χ1) is 7.91. The molecule has 0 radical (unpaired) electrons. The Bertz CT molecular complexity index is 407. The maximum absolute atomic E-state index is 10.7. The molecule has 2 unspecified atom stereocenters. The Morgan fingerprint density at radius 2 is 2.12 bits per heavy atom. The topological polar surface area (TPSA) is 95.6 Å². The van der Waals surface area contributed by atoms with Gasteiger partial charge in [-0.2, -0.15) is 0 Å². The maximum Gasteiger partial charge on any atom is 0.216 e. The van der Waals surface area contributed by atoms with Crippen molar-refractivity contribution in [3.05, 3.63) is 29.3 Å². The van der Waals surface area contributed by atoms with Gasteiger partial charge < -0.3 is 21.3 Å². The molecule has 0 saturated heterocycles. The number of nitrogens with one attached hydrogen (secondary N) is 1. The summed E-state index contributed by atoms with van der Waals surface area (Å²) in [5.41, 5.74) is 7.73. The number of benzene rings is 1. The van der Waals surface area contributed by atoms with Gasteiger partial charge >= 0.3 is 0 Å². The minimum atomic E-state index is -1.07. The molecule has 0 fully saturated rings. The predicted octanol–water partition coefficient (Wildman–Crippen LogP) is 0.108. The fourth-order valence-electron chi connectivity index (χ4n) is 1.43. The summed E-state index contributed by atoms with van der Waals surface area (Å²) in [6, 6.07) is 5.10. The van der Waals surface area contributed by atoms with E-state index in [1.807, 2.05) is 6.92 Å². The zero-order valence-electron chi connectivity index (χ0n) is 9.97. The SMILES string of the molecule is CC(=O)NCC(O)C(O)c1ccc(C)c(N)c1. The number of aliphatic hydroxyl groups excluding tert-OH is 2. The molecule has 1 aromatic rings. The van der Waals surface area contributed by atoms with Crippen molar-refractivity contribution in [3.63, 3.8) is 0 Å². The highest BCUT2D eigenvalue weighted by atomic mass is 16.3. The van der Waals surface area contributed by atoms with Crippen molar-refractivity contribution in [2.24, 2.45) is 0 Å². The van der Waals surface area contributed by atoms with Crippen molar-refractivity contribution in [1.82, 2.24) is 5.32 Å². The van der Waals surface area contributed by atoms with Crippen LogP contribution >= 0.6 is 0 Å². The molecule has 0 aliphatic carbocycles. The molecule has 0 aromatic heterocycles. The van der Waals surface area contributed by atoms with Gasteiger partial charge in [0.05, 0.1) is 0 Å². The summed E-state index contributed by atoms with van der Waals surface area (Å²) in [5.74, 6) is -0.250. The quantitative estimate of drug-likeness (QED) is 0.560. The van der Waals surface area contributed by atoms with Gasteiger partial charge in [-0.1, -0.05) is 12.1 Å². The standard InChI is InChI=1S/C12H18N2O3/c1-7-3-4-9(5-10(7)13)12(17)11(16)6-14-8(2)15/h3-5,11-12,16-17H,6,13H2,1-2H3,(H,14,15). The van der Waals surface area contributed by atoms with Gasteiger partial charge in [-0.05, 0) is 24.1 Å². The molecule has 5 heteroatoms. The highest BCUT2D eigenvalue weighted by molar-refractivity contribution is 5.72. The third-order valence-electron chi connectivity index (χ3n) is 2.57. The second-order valence-corrected chi connectivity index (χ2v) is 4.07. The number of aliphatic hydroxyl groups is 2. The van der Waals surface area contributed by atoms with Gasteiger partial charge in [-0.25, -0.2) is 0 Å². The van der Waals surface area contributed by atoms with Crippen LogP contribution in [0.25, 0.3) is 0 Å². The summed E-state index contributed by atoms with van der Waals surface area (Å²) in [4.78, 5) is 10.7. The van der Waals surface area contributed by atoms with Crippen molar-refractivity contribution in [1.29, 1.82) is 0 Å².